The van der Waals surface area contributed by atoms with Crippen molar-refractivity contribution in [3.8, 4) is 17.1 Å². The number of anilines is 2. The number of nitrogens with zero attached hydrogens (tertiary/aromatic N) is 2. The zero-order chi connectivity index (χ0) is 19.7. The van der Waals surface area contributed by atoms with E-state index in [0.29, 0.717) is 34.0 Å². The van der Waals surface area contributed by atoms with Crippen molar-refractivity contribution in [2.45, 2.75) is 6.18 Å². The minimum atomic E-state index is -4.41. The average Bonchev–Trinajstić information content (AvgIpc) is 3.13. The summed E-state index contributed by atoms with van der Waals surface area (Å²) in [5, 5.41) is 3.17. The van der Waals surface area contributed by atoms with E-state index in [-0.39, 0.29) is 0 Å². The molecule has 0 saturated heterocycles. The van der Waals surface area contributed by atoms with Crippen LogP contribution in [0.25, 0.3) is 22.4 Å². The molecule has 0 aliphatic rings. The van der Waals surface area contributed by atoms with Crippen LogP contribution in [0.4, 0.5) is 24.7 Å². The highest BCUT2D eigenvalue weighted by Gasteiger charge is 2.30. The number of halogens is 3. The molecule has 4 rings (SSSR count). The van der Waals surface area contributed by atoms with Gasteiger partial charge in [-0.2, -0.15) is 13.2 Å². The number of fused-ring (bicyclic) bond motifs is 1. The summed E-state index contributed by atoms with van der Waals surface area (Å²) >= 11 is 0. The number of rotatable bonds is 4. The summed E-state index contributed by atoms with van der Waals surface area (Å²) in [7, 11) is 1.58. The number of aromatic nitrogens is 3. The van der Waals surface area contributed by atoms with Crippen molar-refractivity contribution in [3.05, 3.63) is 66.4 Å². The predicted octanol–water partition coefficient (Wildman–Crippen LogP) is 5.40. The van der Waals surface area contributed by atoms with Crippen molar-refractivity contribution < 1.29 is 17.9 Å². The van der Waals surface area contributed by atoms with Crippen molar-refractivity contribution in [1.82, 2.24) is 15.0 Å². The highest BCUT2D eigenvalue weighted by atomic mass is 19.4. The minimum Gasteiger partial charge on any atom is -0.497 e. The highest BCUT2D eigenvalue weighted by molar-refractivity contribution is 5.90. The summed E-state index contributed by atoms with van der Waals surface area (Å²) in [6.45, 7) is 0. The second kappa shape index (κ2) is 6.88. The molecule has 8 heteroatoms. The molecule has 2 aromatic heterocycles. The molecule has 0 amide bonds. The van der Waals surface area contributed by atoms with Gasteiger partial charge in [0, 0.05) is 23.5 Å². The zero-order valence-corrected chi connectivity index (χ0v) is 14.7. The summed E-state index contributed by atoms with van der Waals surface area (Å²) in [5.74, 6) is 1.51. The van der Waals surface area contributed by atoms with Crippen LogP contribution >= 0.6 is 0 Å². The van der Waals surface area contributed by atoms with Gasteiger partial charge in [0.15, 0.2) is 5.82 Å². The van der Waals surface area contributed by atoms with Gasteiger partial charge in [-0.1, -0.05) is 18.2 Å². The van der Waals surface area contributed by atoms with Crippen LogP contribution in [0.3, 0.4) is 0 Å². The van der Waals surface area contributed by atoms with Crippen LogP contribution in [0.5, 0.6) is 5.75 Å². The lowest BCUT2D eigenvalue weighted by atomic mass is 10.1. The number of alkyl halides is 3. The van der Waals surface area contributed by atoms with E-state index in [1.165, 1.54) is 6.07 Å². The second-order valence-electron chi connectivity index (χ2n) is 6.08. The molecule has 0 atom stereocenters. The van der Waals surface area contributed by atoms with E-state index < -0.39 is 11.7 Å². The van der Waals surface area contributed by atoms with Gasteiger partial charge in [0.1, 0.15) is 17.1 Å². The van der Waals surface area contributed by atoms with E-state index in [1.54, 1.807) is 31.5 Å². The first kappa shape index (κ1) is 17.8. The molecule has 5 nitrogen and oxygen atoms in total. The van der Waals surface area contributed by atoms with Crippen LogP contribution in [0.1, 0.15) is 5.56 Å². The van der Waals surface area contributed by atoms with Crippen molar-refractivity contribution >= 4 is 22.5 Å². The van der Waals surface area contributed by atoms with E-state index >= 15 is 0 Å². The van der Waals surface area contributed by atoms with Gasteiger partial charge in [-0.25, -0.2) is 9.97 Å². The lowest BCUT2D eigenvalue weighted by molar-refractivity contribution is -0.137. The fraction of sp³-hybridized carbons (Fsp3) is 0.100. The Morgan fingerprint density at radius 1 is 1.04 bits per heavy atom. The smallest absolute Gasteiger partial charge is 0.416 e. The van der Waals surface area contributed by atoms with Crippen LogP contribution in [0.2, 0.25) is 0 Å². The molecule has 0 bridgehead atoms. The number of hydrogen-bond acceptors (Lipinski definition) is 4. The predicted molar refractivity (Wildman–Crippen MR) is 101 cm³/mol. The number of pyridine rings is 1. The lowest BCUT2D eigenvalue weighted by Crippen LogP contribution is -2.04. The minimum absolute atomic E-state index is 0.336. The summed E-state index contributed by atoms with van der Waals surface area (Å²) in [6.07, 6.45) is -2.82. The fourth-order valence-corrected chi connectivity index (χ4v) is 2.84. The molecule has 0 aliphatic carbocycles. The topological polar surface area (TPSA) is 62.8 Å². The monoisotopic (exact) mass is 384 g/mol. The van der Waals surface area contributed by atoms with Crippen molar-refractivity contribution in [1.29, 1.82) is 0 Å². The number of benzene rings is 2. The van der Waals surface area contributed by atoms with Crippen molar-refractivity contribution in [3.63, 3.8) is 0 Å². The van der Waals surface area contributed by atoms with Crippen LogP contribution in [0, 0.1) is 0 Å². The van der Waals surface area contributed by atoms with E-state index in [9.17, 15) is 13.2 Å². The van der Waals surface area contributed by atoms with Crippen molar-refractivity contribution in [2.75, 3.05) is 12.4 Å². The molecular formula is C20H15F3N4O. The molecule has 0 saturated carbocycles. The van der Waals surface area contributed by atoms with E-state index in [1.807, 2.05) is 18.2 Å². The first-order chi connectivity index (χ1) is 13.4. The van der Waals surface area contributed by atoms with Gasteiger partial charge >= 0.3 is 6.18 Å². The van der Waals surface area contributed by atoms with Gasteiger partial charge in [0.05, 0.1) is 18.2 Å². The van der Waals surface area contributed by atoms with Crippen LogP contribution in [-0.2, 0) is 6.18 Å². The van der Waals surface area contributed by atoms with Gasteiger partial charge in [0.2, 0.25) is 0 Å². The number of nitrogens with one attached hydrogen (secondary N) is 2. The Labute approximate surface area is 158 Å². The third kappa shape index (κ3) is 3.48. The third-order valence-electron chi connectivity index (χ3n) is 4.20. The van der Waals surface area contributed by atoms with Gasteiger partial charge in [-0.15, -0.1) is 0 Å². The molecule has 0 spiro atoms. The molecule has 142 valence electrons. The van der Waals surface area contributed by atoms with E-state index in [0.717, 1.165) is 17.8 Å². The zero-order valence-electron chi connectivity index (χ0n) is 14.7. The van der Waals surface area contributed by atoms with Crippen molar-refractivity contribution in [2.24, 2.45) is 0 Å². The summed E-state index contributed by atoms with van der Waals surface area (Å²) in [6, 6.07) is 14.1. The Kier molecular flexibility index (Phi) is 4.38. The maximum atomic E-state index is 13.0. The van der Waals surface area contributed by atoms with Gasteiger partial charge in [0.25, 0.3) is 0 Å². The molecule has 2 N–H and O–H groups in total. The Morgan fingerprint density at radius 3 is 2.64 bits per heavy atom. The van der Waals surface area contributed by atoms with Gasteiger partial charge in [-0.05, 0) is 30.3 Å². The third-order valence-corrected chi connectivity index (χ3v) is 4.20. The standard InChI is InChI=1S/C20H15F3N4O/c1-28-15-7-3-6-14(11-15)25-19-17-16(8-9-24-19)26-18(27-17)12-4-2-5-13(10-12)20(21,22)23/h2-11H,1H3,(H,24,25)(H,26,27). The molecule has 0 radical (unpaired) electrons. The molecule has 28 heavy (non-hydrogen) atoms. The number of imidazole rings is 1. The number of H-pyrrole nitrogens is 1. The number of methoxy groups -OCH3 is 1. The van der Waals surface area contributed by atoms with Crippen LogP contribution < -0.4 is 10.1 Å². The average molecular weight is 384 g/mol. The Balaban J connectivity index is 1.73. The van der Waals surface area contributed by atoms with Gasteiger partial charge in [-0.3, -0.25) is 0 Å². The Bertz CT molecular complexity index is 1140. The molecule has 0 aliphatic heterocycles. The number of hydrogen-bond donors (Lipinski definition) is 2. The molecule has 2 aromatic carbocycles. The Morgan fingerprint density at radius 2 is 1.86 bits per heavy atom. The van der Waals surface area contributed by atoms with E-state index in [2.05, 4.69) is 20.3 Å². The molecule has 4 aromatic rings. The Hall–Kier alpha value is -3.55. The molecular weight excluding hydrogens is 369 g/mol. The maximum absolute atomic E-state index is 13.0. The van der Waals surface area contributed by atoms with Crippen LogP contribution in [0.15, 0.2) is 60.8 Å². The largest absolute Gasteiger partial charge is 0.497 e. The second-order valence-corrected chi connectivity index (χ2v) is 6.08. The maximum Gasteiger partial charge on any atom is 0.416 e. The fourth-order valence-electron chi connectivity index (χ4n) is 2.84. The SMILES string of the molecule is COc1cccc(Nc2nccc3[nH]c(-c4cccc(C(F)(F)F)c4)nc23)c1. The van der Waals surface area contributed by atoms with E-state index in [4.69, 9.17) is 4.74 Å². The molecule has 2 heterocycles. The van der Waals surface area contributed by atoms with Gasteiger partial charge < -0.3 is 15.0 Å². The quantitative estimate of drug-likeness (QED) is 0.495. The number of aromatic amines is 1. The summed E-state index contributed by atoms with van der Waals surface area (Å²) < 4.78 is 44.2. The highest BCUT2D eigenvalue weighted by Crippen LogP contribution is 2.33. The summed E-state index contributed by atoms with van der Waals surface area (Å²) in [4.78, 5) is 11.8. The molecule has 0 unspecified atom stereocenters. The summed E-state index contributed by atoms with van der Waals surface area (Å²) in [5.41, 5.74) is 1.56. The molecule has 0 fully saturated rings. The van der Waals surface area contributed by atoms with Crippen LogP contribution in [-0.4, -0.2) is 22.1 Å². The first-order valence-electron chi connectivity index (χ1n) is 8.37. The lowest BCUT2D eigenvalue weighted by Gasteiger charge is -2.07. The normalized spacial score (nSPS) is 11.6. The number of ether oxygens (including phenoxy) is 1. The first-order valence-corrected chi connectivity index (χ1v) is 8.37.